The fraction of sp³-hybridized carbons (Fsp3) is 0.750. The molecule has 0 amide bonds. The van der Waals surface area contributed by atoms with Crippen molar-refractivity contribution in [1.29, 1.82) is 5.26 Å². The lowest BCUT2D eigenvalue weighted by atomic mass is 9.86. The Kier molecular flexibility index (Phi) is 4.82. The van der Waals surface area contributed by atoms with Crippen molar-refractivity contribution in [3.05, 3.63) is 17.5 Å². The Balaban J connectivity index is 2.05. The lowest BCUT2D eigenvalue weighted by Gasteiger charge is -2.28. The van der Waals surface area contributed by atoms with Gasteiger partial charge in [0.15, 0.2) is 0 Å². The van der Waals surface area contributed by atoms with Gasteiger partial charge < -0.3 is 5.32 Å². The number of nitrogens with one attached hydrogen (secondary N) is 1. The van der Waals surface area contributed by atoms with Crippen molar-refractivity contribution >= 4 is 0 Å². The predicted octanol–water partition coefficient (Wildman–Crippen LogP) is 2.68. The second-order valence-corrected chi connectivity index (χ2v) is 5.77. The number of nitriles is 1. The van der Waals surface area contributed by atoms with Gasteiger partial charge in [-0.25, -0.2) is 0 Å². The molecule has 110 valence electrons. The van der Waals surface area contributed by atoms with Crippen LogP contribution in [-0.2, 0) is 19.4 Å². The van der Waals surface area contributed by atoms with Crippen LogP contribution in [0.25, 0.3) is 0 Å². The summed E-state index contributed by atoms with van der Waals surface area (Å²) in [5.41, 5.74) is 2.17. The van der Waals surface area contributed by atoms with E-state index >= 15 is 0 Å². The Morgan fingerprint density at radius 3 is 2.90 bits per heavy atom. The van der Waals surface area contributed by atoms with Crippen LogP contribution in [-0.4, -0.2) is 22.4 Å². The molecule has 2 atom stereocenters. The van der Waals surface area contributed by atoms with Crippen molar-refractivity contribution < 1.29 is 0 Å². The third-order valence-corrected chi connectivity index (χ3v) is 4.79. The van der Waals surface area contributed by atoms with E-state index in [0.717, 1.165) is 45.1 Å². The summed E-state index contributed by atoms with van der Waals surface area (Å²) < 4.78 is 2.15. The summed E-state index contributed by atoms with van der Waals surface area (Å²) in [6.45, 7) is 5.25. The van der Waals surface area contributed by atoms with E-state index in [1.54, 1.807) is 0 Å². The largest absolute Gasteiger partial charge is 0.302 e. The predicted molar refractivity (Wildman–Crippen MR) is 80.3 cm³/mol. The maximum absolute atomic E-state index is 9.49. The topological polar surface area (TPSA) is 53.6 Å². The van der Waals surface area contributed by atoms with Crippen LogP contribution < -0.4 is 5.32 Å². The van der Waals surface area contributed by atoms with Crippen molar-refractivity contribution in [1.82, 2.24) is 15.1 Å². The molecule has 1 saturated carbocycles. The zero-order chi connectivity index (χ0) is 14.6. The lowest BCUT2D eigenvalue weighted by Crippen LogP contribution is -2.45. The van der Waals surface area contributed by atoms with Crippen molar-refractivity contribution in [2.45, 2.75) is 64.5 Å². The van der Waals surface area contributed by atoms with Gasteiger partial charge in [-0.05, 0) is 51.1 Å². The third-order valence-electron chi connectivity index (χ3n) is 4.79. The molecule has 1 heterocycles. The van der Waals surface area contributed by atoms with Crippen LogP contribution in [0.4, 0.5) is 0 Å². The Labute approximate surface area is 122 Å². The van der Waals surface area contributed by atoms with Gasteiger partial charge in [0.2, 0.25) is 0 Å². The number of nitrogens with zero attached hydrogens (tertiary/aromatic N) is 3. The molecule has 1 aliphatic rings. The average molecular weight is 274 g/mol. The number of aryl methyl sites for hydroxylation is 3. The van der Waals surface area contributed by atoms with Crippen LogP contribution in [0.1, 0.15) is 50.9 Å². The highest BCUT2D eigenvalue weighted by molar-refractivity contribution is 5.14. The summed E-state index contributed by atoms with van der Waals surface area (Å²) in [7, 11) is 1.92. The molecule has 1 aromatic heterocycles. The van der Waals surface area contributed by atoms with Gasteiger partial charge in [0.1, 0.15) is 5.54 Å². The molecule has 2 unspecified atom stereocenters. The molecule has 1 fully saturated rings. The maximum atomic E-state index is 9.49. The molecule has 0 saturated heterocycles. The summed E-state index contributed by atoms with van der Waals surface area (Å²) in [6, 6.07) is 4.73. The molecule has 0 spiro atoms. The highest BCUT2D eigenvalue weighted by Gasteiger charge is 2.41. The Hall–Kier alpha value is -1.34. The van der Waals surface area contributed by atoms with Crippen LogP contribution in [0.2, 0.25) is 0 Å². The van der Waals surface area contributed by atoms with Crippen LogP contribution in [0.15, 0.2) is 6.07 Å². The molecule has 1 aromatic rings. The molecular weight excluding hydrogens is 248 g/mol. The zero-order valence-corrected chi connectivity index (χ0v) is 12.9. The monoisotopic (exact) mass is 274 g/mol. The Bertz CT molecular complexity index is 485. The highest BCUT2D eigenvalue weighted by atomic mass is 15.3. The van der Waals surface area contributed by atoms with Crippen molar-refractivity contribution in [3.63, 3.8) is 0 Å². The van der Waals surface area contributed by atoms with Gasteiger partial charge in [0, 0.05) is 12.2 Å². The maximum Gasteiger partial charge on any atom is 0.109 e. The van der Waals surface area contributed by atoms with Crippen molar-refractivity contribution in [3.8, 4) is 6.07 Å². The van der Waals surface area contributed by atoms with Gasteiger partial charge in [-0.2, -0.15) is 10.4 Å². The van der Waals surface area contributed by atoms with Crippen LogP contribution in [0, 0.1) is 17.2 Å². The molecule has 0 bridgehead atoms. The first-order valence-corrected chi connectivity index (χ1v) is 7.84. The lowest BCUT2D eigenvalue weighted by molar-refractivity contribution is 0.301. The summed E-state index contributed by atoms with van der Waals surface area (Å²) in [6.07, 6.45) is 6.32. The standard InChI is InChI=1S/C16H26N4/c1-4-14-11-15(5-2)20(19-14)10-8-13-7-6-9-16(13,12-17)18-3/h11,13,18H,4-10H2,1-3H3. The minimum absolute atomic E-state index is 0.312. The molecule has 20 heavy (non-hydrogen) atoms. The summed E-state index contributed by atoms with van der Waals surface area (Å²) in [5.74, 6) is 0.441. The molecule has 2 rings (SSSR count). The molecule has 4 heteroatoms. The summed E-state index contributed by atoms with van der Waals surface area (Å²) >= 11 is 0. The van der Waals surface area contributed by atoms with Gasteiger partial charge in [0.05, 0.1) is 11.8 Å². The number of hydrogen-bond acceptors (Lipinski definition) is 3. The normalized spacial score (nSPS) is 25.8. The van der Waals surface area contributed by atoms with Crippen LogP contribution in [0.5, 0.6) is 0 Å². The molecule has 1 N–H and O–H groups in total. The van der Waals surface area contributed by atoms with Gasteiger partial charge in [0.25, 0.3) is 0 Å². The van der Waals surface area contributed by atoms with E-state index < -0.39 is 0 Å². The summed E-state index contributed by atoms with van der Waals surface area (Å²) in [4.78, 5) is 0. The van der Waals surface area contributed by atoms with E-state index in [1.165, 1.54) is 11.4 Å². The molecule has 0 radical (unpaired) electrons. The second-order valence-electron chi connectivity index (χ2n) is 5.77. The fourth-order valence-electron chi connectivity index (χ4n) is 3.44. The second kappa shape index (κ2) is 6.41. The van der Waals surface area contributed by atoms with E-state index in [0.29, 0.717) is 5.92 Å². The first kappa shape index (κ1) is 15.1. The Morgan fingerprint density at radius 2 is 2.30 bits per heavy atom. The van der Waals surface area contributed by atoms with Crippen LogP contribution >= 0.6 is 0 Å². The van der Waals surface area contributed by atoms with Gasteiger partial charge in [-0.15, -0.1) is 0 Å². The Morgan fingerprint density at radius 1 is 1.50 bits per heavy atom. The van der Waals surface area contributed by atoms with E-state index in [9.17, 15) is 5.26 Å². The molecular formula is C16H26N4. The number of rotatable bonds is 6. The smallest absolute Gasteiger partial charge is 0.109 e. The fourth-order valence-corrected chi connectivity index (χ4v) is 3.44. The van der Waals surface area contributed by atoms with Gasteiger partial charge in [-0.3, -0.25) is 4.68 Å². The molecule has 0 aliphatic heterocycles. The third kappa shape index (κ3) is 2.73. The summed E-state index contributed by atoms with van der Waals surface area (Å²) in [5, 5.41) is 17.4. The van der Waals surface area contributed by atoms with E-state index in [2.05, 4.69) is 41.1 Å². The molecule has 4 nitrogen and oxygen atoms in total. The first-order chi connectivity index (χ1) is 9.69. The first-order valence-electron chi connectivity index (χ1n) is 7.84. The van der Waals surface area contributed by atoms with Crippen molar-refractivity contribution in [2.24, 2.45) is 5.92 Å². The minimum atomic E-state index is -0.312. The molecule has 1 aliphatic carbocycles. The highest BCUT2D eigenvalue weighted by Crippen LogP contribution is 2.37. The van der Waals surface area contributed by atoms with E-state index in [4.69, 9.17) is 0 Å². The quantitative estimate of drug-likeness (QED) is 0.867. The van der Waals surface area contributed by atoms with Crippen LogP contribution in [0.3, 0.4) is 0 Å². The van der Waals surface area contributed by atoms with Gasteiger partial charge >= 0.3 is 0 Å². The van der Waals surface area contributed by atoms with E-state index in [1.807, 2.05) is 7.05 Å². The molecule has 0 aromatic carbocycles. The van der Waals surface area contributed by atoms with Gasteiger partial charge in [-0.1, -0.05) is 20.3 Å². The average Bonchev–Trinajstić information content (AvgIpc) is 3.08. The number of hydrogen-bond donors (Lipinski definition) is 1. The van der Waals surface area contributed by atoms with Crippen molar-refractivity contribution in [2.75, 3.05) is 7.05 Å². The SMILES string of the molecule is CCc1cc(CC)n(CCC2CCCC2(C#N)NC)n1. The minimum Gasteiger partial charge on any atom is -0.302 e. The number of aromatic nitrogens is 2. The van der Waals surface area contributed by atoms with E-state index in [-0.39, 0.29) is 5.54 Å². The zero-order valence-electron chi connectivity index (χ0n) is 12.9.